The Bertz CT molecular complexity index is 1140. The summed E-state index contributed by atoms with van der Waals surface area (Å²) in [7, 11) is 0. The summed E-state index contributed by atoms with van der Waals surface area (Å²) in [5, 5.41) is 0. The molecule has 0 fully saturated rings. The maximum absolute atomic E-state index is 14.6. The van der Waals surface area contributed by atoms with E-state index in [1.165, 1.54) is 57.1 Å². The fourth-order valence-electron chi connectivity index (χ4n) is 4.70. The van der Waals surface area contributed by atoms with Gasteiger partial charge in [-0.25, -0.2) is 13.6 Å². The summed E-state index contributed by atoms with van der Waals surface area (Å²) < 4.78 is 34.6. The first-order valence-corrected chi connectivity index (χ1v) is 14.4. The van der Waals surface area contributed by atoms with Gasteiger partial charge in [0.1, 0.15) is 5.82 Å². The van der Waals surface area contributed by atoms with Gasteiger partial charge < -0.3 is 4.74 Å². The van der Waals surface area contributed by atoms with E-state index in [2.05, 4.69) is 13.8 Å². The second kappa shape index (κ2) is 16.1. The van der Waals surface area contributed by atoms with Crippen LogP contribution in [0.1, 0.15) is 106 Å². The highest BCUT2D eigenvalue weighted by molar-refractivity contribution is 5.91. The van der Waals surface area contributed by atoms with Crippen molar-refractivity contribution in [1.82, 2.24) is 0 Å². The standard InChI is InChI=1S/C34H42F2O2/c1-3-5-7-9-11-12-14-26-16-23-33(32(36)24-26)38-34(37)29-20-17-27(18-21-29)30-22-19-28(31(35)25-30)15-13-10-8-6-4-2/h16-25H,3-15H2,1-2H3. The quantitative estimate of drug-likeness (QED) is 0.107. The third kappa shape index (κ3) is 9.38. The van der Waals surface area contributed by atoms with Gasteiger partial charge in [-0.2, -0.15) is 0 Å². The second-order valence-electron chi connectivity index (χ2n) is 10.2. The van der Waals surface area contributed by atoms with Crippen molar-refractivity contribution in [2.45, 2.75) is 97.3 Å². The Kier molecular flexibility index (Phi) is 12.5. The zero-order valence-electron chi connectivity index (χ0n) is 23.0. The number of carbonyl (C=O) groups is 1. The molecular weight excluding hydrogens is 478 g/mol. The van der Waals surface area contributed by atoms with Crippen molar-refractivity contribution in [2.75, 3.05) is 0 Å². The molecule has 0 radical (unpaired) electrons. The van der Waals surface area contributed by atoms with Crippen LogP contribution in [0.15, 0.2) is 60.7 Å². The predicted octanol–water partition coefficient (Wildman–Crippen LogP) is 10.3. The average Bonchev–Trinajstić information content (AvgIpc) is 2.92. The summed E-state index contributed by atoms with van der Waals surface area (Å²) in [5.41, 5.74) is 3.53. The summed E-state index contributed by atoms with van der Waals surface area (Å²) in [6, 6.07) is 16.9. The molecule has 0 spiro atoms. The van der Waals surface area contributed by atoms with E-state index in [9.17, 15) is 13.6 Å². The van der Waals surface area contributed by atoms with Crippen molar-refractivity contribution in [3.8, 4) is 16.9 Å². The van der Waals surface area contributed by atoms with Gasteiger partial charge in [-0.15, -0.1) is 0 Å². The molecule has 0 N–H and O–H groups in total. The first kappa shape index (κ1) is 29.5. The number of esters is 1. The molecule has 0 heterocycles. The maximum Gasteiger partial charge on any atom is 0.343 e. The van der Waals surface area contributed by atoms with Crippen LogP contribution >= 0.6 is 0 Å². The number of hydrogen-bond acceptors (Lipinski definition) is 2. The first-order valence-electron chi connectivity index (χ1n) is 14.4. The van der Waals surface area contributed by atoms with Gasteiger partial charge in [0.05, 0.1) is 5.56 Å². The molecule has 0 unspecified atom stereocenters. The lowest BCUT2D eigenvalue weighted by atomic mass is 9.99. The molecule has 0 aromatic heterocycles. The summed E-state index contributed by atoms with van der Waals surface area (Å²) in [4.78, 5) is 12.6. The minimum absolute atomic E-state index is 0.0712. The third-order valence-electron chi connectivity index (χ3n) is 7.07. The molecule has 0 atom stereocenters. The Morgan fingerprint density at radius 1 is 0.632 bits per heavy atom. The van der Waals surface area contributed by atoms with E-state index in [0.29, 0.717) is 5.56 Å². The van der Waals surface area contributed by atoms with Crippen molar-refractivity contribution in [1.29, 1.82) is 0 Å². The smallest absolute Gasteiger partial charge is 0.343 e. The summed E-state index contributed by atoms with van der Waals surface area (Å²) in [5.74, 6) is -1.42. The monoisotopic (exact) mass is 520 g/mol. The average molecular weight is 521 g/mol. The highest BCUT2D eigenvalue weighted by atomic mass is 19.1. The van der Waals surface area contributed by atoms with Crippen molar-refractivity contribution >= 4 is 5.97 Å². The van der Waals surface area contributed by atoms with Gasteiger partial charge in [-0.1, -0.05) is 102 Å². The molecule has 4 heteroatoms. The number of aryl methyl sites for hydroxylation is 2. The van der Waals surface area contributed by atoms with Crippen LogP contribution in [0.25, 0.3) is 11.1 Å². The molecule has 204 valence electrons. The van der Waals surface area contributed by atoms with E-state index < -0.39 is 11.8 Å². The van der Waals surface area contributed by atoms with E-state index in [-0.39, 0.29) is 11.6 Å². The Morgan fingerprint density at radius 2 is 1.24 bits per heavy atom. The molecule has 0 aliphatic heterocycles. The van der Waals surface area contributed by atoms with Crippen LogP contribution in [0.2, 0.25) is 0 Å². The fourth-order valence-corrected chi connectivity index (χ4v) is 4.70. The molecule has 0 saturated heterocycles. The fraction of sp³-hybridized carbons (Fsp3) is 0.441. The Labute approximate surface area is 227 Å². The Morgan fingerprint density at radius 3 is 1.87 bits per heavy atom. The van der Waals surface area contributed by atoms with Gasteiger partial charge in [0.15, 0.2) is 11.6 Å². The van der Waals surface area contributed by atoms with Crippen molar-refractivity contribution in [3.63, 3.8) is 0 Å². The molecule has 3 aromatic rings. The largest absolute Gasteiger partial charge is 0.420 e. The van der Waals surface area contributed by atoms with Gasteiger partial charge >= 0.3 is 5.97 Å². The topological polar surface area (TPSA) is 26.3 Å². The van der Waals surface area contributed by atoms with Gasteiger partial charge in [0.2, 0.25) is 0 Å². The predicted molar refractivity (Wildman–Crippen MR) is 153 cm³/mol. The normalized spacial score (nSPS) is 11.1. The molecular formula is C34H42F2O2. The third-order valence-corrected chi connectivity index (χ3v) is 7.07. The summed E-state index contributed by atoms with van der Waals surface area (Å²) in [6.45, 7) is 4.38. The number of hydrogen-bond donors (Lipinski definition) is 0. The number of unbranched alkanes of at least 4 members (excludes halogenated alkanes) is 9. The molecule has 0 saturated carbocycles. The molecule has 3 rings (SSSR count). The number of halogens is 2. The van der Waals surface area contributed by atoms with Crippen LogP contribution < -0.4 is 4.74 Å². The van der Waals surface area contributed by atoms with Crippen molar-refractivity contribution < 1.29 is 18.3 Å². The van der Waals surface area contributed by atoms with E-state index >= 15 is 0 Å². The molecule has 3 aromatic carbocycles. The summed E-state index contributed by atoms with van der Waals surface area (Å²) >= 11 is 0. The van der Waals surface area contributed by atoms with Gasteiger partial charge in [-0.05, 0) is 78.3 Å². The summed E-state index contributed by atoms with van der Waals surface area (Å²) in [6.07, 6.45) is 14.4. The van der Waals surface area contributed by atoms with E-state index in [1.54, 1.807) is 30.3 Å². The highest BCUT2D eigenvalue weighted by Crippen LogP contribution is 2.25. The van der Waals surface area contributed by atoms with Gasteiger partial charge in [0, 0.05) is 0 Å². The first-order chi connectivity index (χ1) is 18.5. The molecule has 0 aliphatic carbocycles. The van der Waals surface area contributed by atoms with Crippen LogP contribution in [0.3, 0.4) is 0 Å². The number of benzene rings is 3. The van der Waals surface area contributed by atoms with Crippen LogP contribution in [0, 0.1) is 11.6 Å². The zero-order chi connectivity index (χ0) is 27.2. The van der Waals surface area contributed by atoms with Crippen LogP contribution in [-0.4, -0.2) is 5.97 Å². The SMILES string of the molecule is CCCCCCCCc1ccc(OC(=O)c2ccc(-c3ccc(CCCCCCC)c(F)c3)cc2)c(F)c1. The van der Waals surface area contributed by atoms with Crippen LogP contribution in [0.5, 0.6) is 5.75 Å². The lowest BCUT2D eigenvalue weighted by Crippen LogP contribution is -2.09. The van der Waals surface area contributed by atoms with E-state index in [1.807, 2.05) is 18.2 Å². The second-order valence-corrected chi connectivity index (χ2v) is 10.2. The molecule has 0 bridgehead atoms. The number of rotatable bonds is 16. The lowest BCUT2D eigenvalue weighted by molar-refractivity contribution is 0.0728. The van der Waals surface area contributed by atoms with Gasteiger partial charge in [0.25, 0.3) is 0 Å². The zero-order valence-corrected chi connectivity index (χ0v) is 23.0. The van der Waals surface area contributed by atoms with Crippen LogP contribution in [-0.2, 0) is 12.8 Å². The number of carbonyl (C=O) groups excluding carboxylic acids is 1. The minimum atomic E-state index is -0.622. The van der Waals surface area contributed by atoms with E-state index in [4.69, 9.17) is 4.74 Å². The van der Waals surface area contributed by atoms with Crippen molar-refractivity contribution in [3.05, 3.63) is 89.0 Å². The minimum Gasteiger partial charge on any atom is -0.420 e. The number of ether oxygens (including phenoxy) is 1. The molecule has 38 heavy (non-hydrogen) atoms. The molecule has 2 nitrogen and oxygen atoms in total. The van der Waals surface area contributed by atoms with Crippen LogP contribution in [0.4, 0.5) is 8.78 Å². The Hall–Kier alpha value is -3.01. The Balaban J connectivity index is 1.53. The van der Waals surface area contributed by atoms with Gasteiger partial charge in [-0.3, -0.25) is 0 Å². The van der Waals surface area contributed by atoms with Crippen molar-refractivity contribution in [2.24, 2.45) is 0 Å². The highest BCUT2D eigenvalue weighted by Gasteiger charge is 2.13. The molecule has 0 amide bonds. The molecule has 0 aliphatic rings. The van der Waals surface area contributed by atoms with E-state index in [0.717, 1.165) is 60.8 Å². The maximum atomic E-state index is 14.6. The lowest BCUT2D eigenvalue weighted by Gasteiger charge is -2.09.